The van der Waals surface area contributed by atoms with Gasteiger partial charge in [-0.05, 0) is 49.8 Å². The van der Waals surface area contributed by atoms with E-state index < -0.39 is 6.04 Å². The lowest BCUT2D eigenvalue weighted by atomic mass is 10.0. The summed E-state index contributed by atoms with van der Waals surface area (Å²) in [5.74, 6) is -0.0625. The predicted molar refractivity (Wildman–Crippen MR) is 119 cm³/mol. The number of nitrogens with zero attached hydrogens (tertiary/aromatic N) is 1. The average Bonchev–Trinajstić information content (AvgIpc) is 2.72. The average molecular weight is 395 g/mol. The molecule has 0 heterocycles. The van der Waals surface area contributed by atoms with Crippen LogP contribution in [0.2, 0.25) is 0 Å². The molecule has 1 unspecified atom stereocenters. The monoisotopic (exact) mass is 394 g/mol. The smallest absolute Gasteiger partial charge is 0.242 e. The summed E-state index contributed by atoms with van der Waals surface area (Å²) < 4.78 is 0. The molecular weight excluding hydrogens is 360 g/mol. The van der Waals surface area contributed by atoms with Crippen molar-refractivity contribution in [1.82, 2.24) is 10.2 Å². The Morgan fingerprint density at radius 1 is 0.966 bits per heavy atom. The van der Waals surface area contributed by atoms with Crippen LogP contribution in [0.3, 0.4) is 0 Å². The van der Waals surface area contributed by atoms with E-state index in [4.69, 9.17) is 0 Å². The molecule has 0 bridgehead atoms. The summed E-state index contributed by atoms with van der Waals surface area (Å²) in [6.07, 6.45) is 2.68. The number of nitrogens with one attached hydrogen (secondary N) is 1. The highest BCUT2D eigenvalue weighted by atomic mass is 16.2. The fourth-order valence-electron chi connectivity index (χ4n) is 3.56. The molecule has 0 saturated heterocycles. The maximum atomic E-state index is 13.2. The predicted octanol–water partition coefficient (Wildman–Crippen LogP) is 4.43. The molecule has 0 aliphatic heterocycles. The molecule has 2 aromatic rings. The molecular formula is C25H34N2O2. The molecule has 0 aliphatic carbocycles. The van der Waals surface area contributed by atoms with Crippen molar-refractivity contribution in [2.24, 2.45) is 0 Å². The van der Waals surface area contributed by atoms with Gasteiger partial charge < -0.3 is 10.2 Å². The van der Waals surface area contributed by atoms with E-state index in [0.717, 1.165) is 23.1 Å². The van der Waals surface area contributed by atoms with Crippen molar-refractivity contribution in [2.45, 2.75) is 66.0 Å². The second-order valence-corrected chi connectivity index (χ2v) is 7.50. The van der Waals surface area contributed by atoms with Crippen molar-refractivity contribution in [3.05, 3.63) is 70.8 Å². The first kappa shape index (κ1) is 22.7. The minimum atomic E-state index is -0.453. The van der Waals surface area contributed by atoms with E-state index in [9.17, 15) is 9.59 Å². The summed E-state index contributed by atoms with van der Waals surface area (Å²) in [6, 6.07) is 16.1. The normalized spacial score (nSPS) is 11.7. The Morgan fingerprint density at radius 2 is 1.66 bits per heavy atom. The van der Waals surface area contributed by atoms with E-state index in [2.05, 4.69) is 42.6 Å². The third-order valence-electron chi connectivity index (χ3n) is 5.23. The van der Waals surface area contributed by atoms with Crippen molar-refractivity contribution in [2.75, 3.05) is 6.54 Å². The molecule has 0 spiro atoms. The Labute approximate surface area is 175 Å². The zero-order valence-electron chi connectivity index (χ0n) is 18.2. The van der Waals surface area contributed by atoms with Gasteiger partial charge in [0.05, 0.1) is 0 Å². The van der Waals surface area contributed by atoms with Crippen LogP contribution in [0.1, 0.15) is 55.9 Å². The largest absolute Gasteiger partial charge is 0.355 e. The van der Waals surface area contributed by atoms with E-state index in [-0.39, 0.29) is 11.8 Å². The van der Waals surface area contributed by atoms with Gasteiger partial charge in [0.25, 0.3) is 0 Å². The van der Waals surface area contributed by atoms with Gasteiger partial charge in [-0.2, -0.15) is 0 Å². The molecule has 0 aliphatic rings. The molecule has 2 rings (SSSR count). The molecule has 4 nitrogen and oxygen atoms in total. The van der Waals surface area contributed by atoms with Crippen LogP contribution in [0.5, 0.6) is 0 Å². The van der Waals surface area contributed by atoms with Crippen LogP contribution in [-0.2, 0) is 29.0 Å². The maximum absolute atomic E-state index is 13.2. The fourth-order valence-corrected chi connectivity index (χ4v) is 3.56. The number of aryl methyl sites for hydroxylation is 3. The highest BCUT2D eigenvalue weighted by molar-refractivity contribution is 5.87. The minimum absolute atomic E-state index is 0.0178. The van der Waals surface area contributed by atoms with E-state index >= 15 is 0 Å². The van der Waals surface area contributed by atoms with Gasteiger partial charge in [0.2, 0.25) is 11.8 Å². The molecule has 0 aromatic heterocycles. The van der Waals surface area contributed by atoms with Crippen molar-refractivity contribution in [3.63, 3.8) is 0 Å². The Balaban J connectivity index is 2.17. The van der Waals surface area contributed by atoms with E-state index in [0.29, 0.717) is 32.4 Å². The molecule has 2 aromatic carbocycles. The minimum Gasteiger partial charge on any atom is -0.355 e. The second kappa shape index (κ2) is 11.4. The fraction of sp³-hybridized carbons (Fsp3) is 0.440. The molecule has 0 radical (unpaired) electrons. The molecule has 0 saturated carbocycles. The summed E-state index contributed by atoms with van der Waals surface area (Å²) in [5.41, 5.74) is 4.64. The Hall–Kier alpha value is -2.62. The molecule has 0 fully saturated rings. The molecule has 156 valence electrons. The SMILES string of the molecule is CCNC(=O)C(CC)N(Cc1cccc(C)c1)C(=O)CCc1ccc(CC)cc1. The summed E-state index contributed by atoms with van der Waals surface area (Å²) in [7, 11) is 0. The van der Waals surface area contributed by atoms with Crippen molar-refractivity contribution in [3.8, 4) is 0 Å². The Bertz CT molecular complexity index is 799. The zero-order valence-corrected chi connectivity index (χ0v) is 18.2. The summed E-state index contributed by atoms with van der Waals surface area (Å²) in [5, 5.41) is 2.88. The highest BCUT2D eigenvalue weighted by Crippen LogP contribution is 2.16. The van der Waals surface area contributed by atoms with Crippen molar-refractivity contribution >= 4 is 11.8 Å². The highest BCUT2D eigenvalue weighted by Gasteiger charge is 2.28. The number of carbonyl (C=O) groups excluding carboxylic acids is 2. The first-order chi connectivity index (χ1) is 14.0. The van der Waals surface area contributed by atoms with Gasteiger partial charge in [-0.15, -0.1) is 0 Å². The molecule has 1 N–H and O–H groups in total. The Morgan fingerprint density at radius 3 is 2.24 bits per heavy atom. The number of rotatable bonds is 10. The third kappa shape index (κ3) is 6.74. The van der Waals surface area contributed by atoms with Gasteiger partial charge in [0.15, 0.2) is 0 Å². The van der Waals surface area contributed by atoms with Crippen LogP contribution >= 0.6 is 0 Å². The lowest BCUT2D eigenvalue weighted by molar-refractivity contribution is -0.141. The molecule has 1 atom stereocenters. The molecule has 29 heavy (non-hydrogen) atoms. The van der Waals surface area contributed by atoms with Gasteiger partial charge >= 0.3 is 0 Å². The van der Waals surface area contributed by atoms with E-state index in [1.54, 1.807) is 4.90 Å². The first-order valence-electron chi connectivity index (χ1n) is 10.7. The first-order valence-corrected chi connectivity index (χ1v) is 10.7. The Kier molecular flexibility index (Phi) is 8.91. The van der Waals surface area contributed by atoms with E-state index in [1.807, 2.05) is 39.0 Å². The number of likely N-dealkylation sites (N-methyl/N-ethyl adjacent to an activating group) is 1. The van der Waals surface area contributed by atoms with E-state index in [1.165, 1.54) is 5.56 Å². The van der Waals surface area contributed by atoms with Gasteiger partial charge in [-0.1, -0.05) is 67.9 Å². The number of hydrogen-bond donors (Lipinski definition) is 1. The topological polar surface area (TPSA) is 49.4 Å². The number of hydrogen-bond acceptors (Lipinski definition) is 2. The summed E-state index contributed by atoms with van der Waals surface area (Å²) in [4.78, 5) is 27.6. The summed E-state index contributed by atoms with van der Waals surface area (Å²) in [6.45, 7) is 9.04. The van der Waals surface area contributed by atoms with Gasteiger partial charge in [0, 0.05) is 19.5 Å². The third-order valence-corrected chi connectivity index (χ3v) is 5.23. The van der Waals surface area contributed by atoms with Crippen LogP contribution in [0.25, 0.3) is 0 Å². The lowest BCUT2D eigenvalue weighted by Crippen LogP contribution is -2.49. The van der Waals surface area contributed by atoms with Crippen LogP contribution in [0, 0.1) is 6.92 Å². The quantitative estimate of drug-likeness (QED) is 0.648. The van der Waals surface area contributed by atoms with Crippen LogP contribution in [0.4, 0.5) is 0 Å². The number of carbonyl (C=O) groups is 2. The van der Waals surface area contributed by atoms with Gasteiger partial charge in [0.1, 0.15) is 6.04 Å². The summed E-state index contributed by atoms with van der Waals surface area (Å²) >= 11 is 0. The molecule has 4 heteroatoms. The van der Waals surface area contributed by atoms with Gasteiger partial charge in [-0.25, -0.2) is 0 Å². The van der Waals surface area contributed by atoms with Crippen molar-refractivity contribution in [1.29, 1.82) is 0 Å². The van der Waals surface area contributed by atoms with Crippen LogP contribution < -0.4 is 5.32 Å². The second-order valence-electron chi connectivity index (χ2n) is 7.50. The number of amides is 2. The van der Waals surface area contributed by atoms with Crippen LogP contribution in [0.15, 0.2) is 48.5 Å². The van der Waals surface area contributed by atoms with Crippen molar-refractivity contribution < 1.29 is 9.59 Å². The van der Waals surface area contributed by atoms with Crippen LogP contribution in [-0.4, -0.2) is 29.3 Å². The lowest BCUT2D eigenvalue weighted by Gasteiger charge is -2.30. The van der Waals surface area contributed by atoms with Gasteiger partial charge in [-0.3, -0.25) is 9.59 Å². The number of benzene rings is 2. The molecule has 2 amide bonds. The standard InChI is InChI=1S/C25H34N2O2/c1-5-20-11-13-21(14-12-20)15-16-24(28)27(23(6-2)25(29)26-7-3)18-22-10-8-9-19(4)17-22/h8-14,17,23H,5-7,15-16,18H2,1-4H3,(H,26,29). The zero-order chi connectivity index (χ0) is 21.2. The maximum Gasteiger partial charge on any atom is 0.242 e.